The molecule has 2 rings (SSSR count). The molecule has 2 nitrogen and oxygen atoms in total. The quantitative estimate of drug-likeness (QED) is 0.763. The maximum Gasteiger partial charge on any atom is 0.306 e. The van der Waals surface area contributed by atoms with Crippen LogP contribution in [-0.4, -0.2) is 12.1 Å². The Balaban J connectivity index is 1.72. The van der Waals surface area contributed by atoms with Crippen LogP contribution in [0.5, 0.6) is 0 Å². The summed E-state index contributed by atoms with van der Waals surface area (Å²) in [7, 11) is 0. The number of hydrogen-bond acceptors (Lipinski definition) is 2. The third-order valence-corrected chi connectivity index (χ3v) is 3.38. The Morgan fingerprint density at radius 3 is 2.50 bits per heavy atom. The van der Waals surface area contributed by atoms with Gasteiger partial charge in [-0.05, 0) is 49.8 Å². The topological polar surface area (TPSA) is 26.3 Å². The second-order valence-corrected chi connectivity index (χ2v) is 4.88. The summed E-state index contributed by atoms with van der Waals surface area (Å²) < 4.78 is 18.1. The molecule has 1 fully saturated rings. The first-order valence-corrected chi connectivity index (χ1v) is 6.68. The third-order valence-electron chi connectivity index (χ3n) is 3.38. The van der Waals surface area contributed by atoms with Crippen LogP contribution in [0.4, 0.5) is 4.39 Å². The Labute approximate surface area is 107 Å². The molecule has 0 amide bonds. The predicted octanol–water partition coefficient (Wildman–Crippen LogP) is 3.63. The summed E-state index contributed by atoms with van der Waals surface area (Å²) in [6, 6.07) is 6.26. The van der Waals surface area contributed by atoms with Crippen LogP contribution in [0, 0.1) is 5.82 Å². The minimum Gasteiger partial charge on any atom is -0.462 e. The summed E-state index contributed by atoms with van der Waals surface area (Å²) in [5.74, 6) is -0.380. The molecule has 1 aliphatic carbocycles. The fourth-order valence-electron chi connectivity index (χ4n) is 2.33. The van der Waals surface area contributed by atoms with E-state index in [1.165, 1.54) is 18.6 Å². The molecule has 0 aromatic heterocycles. The Morgan fingerprint density at radius 1 is 1.17 bits per heavy atom. The highest BCUT2D eigenvalue weighted by Gasteiger charge is 2.17. The highest BCUT2D eigenvalue weighted by atomic mass is 19.1. The van der Waals surface area contributed by atoms with E-state index in [1.54, 1.807) is 12.1 Å². The van der Waals surface area contributed by atoms with Crippen molar-refractivity contribution in [2.24, 2.45) is 0 Å². The zero-order valence-electron chi connectivity index (χ0n) is 10.5. The number of rotatable bonds is 4. The highest BCUT2D eigenvalue weighted by Crippen LogP contribution is 2.20. The van der Waals surface area contributed by atoms with Crippen molar-refractivity contribution in [3.05, 3.63) is 35.6 Å². The van der Waals surface area contributed by atoms with E-state index in [0.29, 0.717) is 12.8 Å². The fourth-order valence-corrected chi connectivity index (χ4v) is 2.33. The van der Waals surface area contributed by atoms with Gasteiger partial charge in [0, 0.05) is 6.42 Å². The van der Waals surface area contributed by atoms with Gasteiger partial charge in [0.2, 0.25) is 0 Å². The maximum atomic E-state index is 12.7. The summed E-state index contributed by atoms with van der Waals surface area (Å²) in [5.41, 5.74) is 0.969. The zero-order valence-corrected chi connectivity index (χ0v) is 10.5. The molecule has 0 spiro atoms. The number of aryl methyl sites for hydroxylation is 1. The first kappa shape index (κ1) is 13.1. The van der Waals surface area contributed by atoms with Crippen LogP contribution in [0.2, 0.25) is 0 Å². The molecule has 0 heterocycles. The third kappa shape index (κ3) is 4.13. The van der Waals surface area contributed by atoms with Crippen LogP contribution in [0.25, 0.3) is 0 Å². The van der Waals surface area contributed by atoms with E-state index in [2.05, 4.69) is 0 Å². The highest BCUT2D eigenvalue weighted by molar-refractivity contribution is 5.69. The number of hydrogen-bond donors (Lipinski definition) is 0. The molecule has 0 atom stereocenters. The van der Waals surface area contributed by atoms with Crippen LogP contribution in [0.15, 0.2) is 24.3 Å². The molecule has 0 saturated heterocycles. The number of halogens is 1. The SMILES string of the molecule is O=C(CCc1ccc(F)cc1)OC1CCCCC1. The van der Waals surface area contributed by atoms with Crippen molar-refractivity contribution in [2.75, 3.05) is 0 Å². The average molecular weight is 250 g/mol. The van der Waals surface area contributed by atoms with E-state index in [9.17, 15) is 9.18 Å². The van der Waals surface area contributed by atoms with Crippen molar-refractivity contribution < 1.29 is 13.9 Å². The normalized spacial score (nSPS) is 16.5. The van der Waals surface area contributed by atoms with Crippen molar-refractivity contribution in [2.45, 2.75) is 51.0 Å². The van der Waals surface area contributed by atoms with E-state index >= 15 is 0 Å². The van der Waals surface area contributed by atoms with E-state index < -0.39 is 0 Å². The van der Waals surface area contributed by atoms with Gasteiger partial charge < -0.3 is 4.74 Å². The molecule has 0 unspecified atom stereocenters. The van der Waals surface area contributed by atoms with E-state index in [4.69, 9.17) is 4.74 Å². The Hall–Kier alpha value is -1.38. The number of carbonyl (C=O) groups excluding carboxylic acids is 1. The Kier molecular flexibility index (Phi) is 4.73. The Morgan fingerprint density at radius 2 is 1.83 bits per heavy atom. The molecule has 18 heavy (non-hydrogen) atoms. The molecular formula is C15H19FO2. The number of ether oxygens (including phenoxy) is 1. The number of carbonyl (C=O) groups is 1. The van der Waals surface area contributed by atoms with E-state index in [-0.39, 0.29) is 17.9 Å². The standard InChI is InChI=1S/C15H19FO2/c16-13-9-6-12(7-10-13)8-11-15(17)18-14-4-2-1-3-5-14/h6-7,9-10,14H,1-5,8,11H2. The van der Waals surface area contributed by atoms with Gasteiger partial charge in [0.25, 0.3) is 0 Å². The number of benzene rings is 1. The van der Waals surface area contributed by atoms with Crippen LogP contribution < -0.4 is 0 Å². The van der Waals surface area contributed by atoms with Gasteiger partial charge in [0.05, 0.1) is 0 Å². The molecule has 0 N–H and O–H groups in total. The van der Waals surface area contributed by atoms with Gasteiger partial charge in [-0.25, -0.2) is 4.39 Å². The lowest BCUT2D eigenvalue weighted by Crippen LogP contribution is -2.21. The summed E-state index contributed by atoms with van der Waals surface area (Å²) in [5, 5.41) is 0. The van der Waals surface area contributed by atoms with Gasteiger partial charge in [-0.1, -0.05) is 18.6 Å². The largest absolute Gasteiger partial charge is 0.462 e. The van der Waals surface area contributed by atoms with E-state index in [1.807, 2.05) is 0 Å². The van der Waals surface area contributed by atoms with E-state index in [0.717, 1.165) is 31.2 Å². The molecule has 0 bridgehead atoms. The van der Waals surface area contributed by atoms with Gasteiger partial charge in [-0.15, -0.1) is 0 Å². The smallest absolute Gasteiger partial charge is 0.306 e. The molecule has 0 radical (unpaired) electrons. The summed E-state index contributed by atoms with van der Waals surface area (Å²) in [4.78, 5) is 11.7. The average Bonchev–Trinajstić information content (AvgIpc) is 2.39. The Bertz CT molecular complexity index is 380. The van der Waals surface area contributed by atoms with Gasteiger partial charge in [0.15, 0.2) is 0 Å². The first-order chi connectivity index (χ1) is 8.74. The second kappa shape index (κ2) is 6.53. The molecule has 98 valence electrons. The summed E-state index contributed by atoms with van der Waals surface area (Å²) >= 11 is 0. The van der Waals surface area contributed by atoms with Crippen molar-refractivity contribution in [1.82, 2.24) is 0 Å². The molecule has 1 aromatic carbocycles. The molecule has 3 heteroatoms. The van der Waals surface area contributed by atoms with Crippen molar-refractivity contribution in [1.29, 1.82) is 0 Å². The number of esters is 1. The van der Waals surface area contributed by atoms with Crippen LogP contribution in [-0.2, 0) is 16.0 Å². The first-order valence-electron chi connectivity index (χ1n) is 6.68. The monoisotopic (exact) mass is 250 g/mol. The van der Waals surface area contributed by atoms with Crippen molar-refractivity contribution in [3.63, 3.8) is 0 Å². The van der Waals surface area contributed by atoms with Gasteiger partial charge >= 0.3 is 5.97 Å². The van der Waals surface area contributed by atoms with Gasteiger partial charge in [0.1, 0.15) is 11.9 Å². The minimum atomic E-state index is -0.247. The van der Waals surface area contributed by atoms with Crippen molar-refractivity contribution >= 4 is 5.97 Å². The lowest BCUT2D eigenvalue weighted by atomic mass is 9.98. The molecule has 1 saturated carbocycles. The van der Waals surface area contributed by atoms with Crippen LogP contribution in [0.1, 0.15) is 44.1 Å². The van der Waals surface area contributed by atoms with Crippen LogP contribution >= 0.6 is 0 Å². The maximum absolute atomic E-state index is 12.7. The molecular weight excluding hydrogens is 231 g/mol. The summed E-state index contributed by atoms with van der Waals surface area (Å²) in [6.45, 7) is 0. The molecule has 1 aliphatic rings. The van der Waals surface area contributed by atoms with Crippen LogP contribution in [0.3, 0.4) is 0 Å². The predicted molar refractivity (Wildman–Crippen MR) is 67.7 cm³/mol. The second-order valence-electron chi connectivity index (χ2n) is 4.88. The minimum absolute atomic E-state index is 0.125. The van der Waals surface area contributed by atoms with Gasteiger partial charge in [-0.3, -0.25) is 4.79 Å². The zero-order chi connectivity index (χ0) is 12.8. The molecule has 1 aromatic rings. The fraction of sp³-hybridized carbons (Fsp3) is 0.533. The lowest BCUT2D eigenvalue weighted by Gasteiger charge is -2.21. The van der Waals surface area contributed by atoms with Gasteiger partial charge in [-0.2, -0.15) is 0 Å². The molecule has 0 aliphatic heterocycles. The van der Waals surface area contributed by atoms with Crippen molar-refractivity contribution in [3.8, 4) is 0 Å². The lowest BCUT2D eigenvalue weighted by molar-refractivity contribution is -0.150. The summed E-state index contributed by atoms with van der Waals surface area (Å²) in [6.07, 6.45) is 6.70.